The van der Waals surface area contributed by atoms with Crippen molar-refractivity contribution in [1.29, 1.82) is 0 Å². The molecule has 1 atom stereocenters. The first-order valence-electron chi connectivity index (χ1n) is 12.2. The second-order valence-electron chi connectivity index (χ2n) is 9.14. The first-order valence-corrected chi connectivity index (χ1v) is 12.2. The Morgan fingerprint density at radius 2 is 1.70 bits per heavy atom. The molecule has 7 heteroatoms. The Morgan fingerprint density at radius 1 is 1.00 bits per heavy atom. The quantitative estimate of drug-likeness (QED) is 0.264. The van der Waals surface area contributed by atoms with E-state index >= 15 is 0 Å². The van der Waals surface area contributed by atoms with Crippen LogP contribution in [0.3, 0.4) is 0 Å². The number of likely N-dealkylation sites (tertiary alicyclic amines) is 1. The molecule has 7 nitrogen and oxygen atoms in total. The summed E-state index contributed by atoms with van der Waals surface area (Å²) in [5, 5.41) is 11.4. The van der Waals surface area contributed by atoms with Crippen molar-refractivity contribution in [3.8, 4) is 11.5 Å². The highest BCUT2D eigenvalue weighted by Gasteiger charge is 2.46. The number of aryl methyl sites for hydroxylation is 1. The summed E-state index contributed by atoms with van der Waals surface area (Å²) in [5.41, 5.74) is 3.79. The van der Waals surface area contributed by atoms with Gasteiger partial charge in [-0.05, 0) is 61.4 Å². The van der Waals surface area contributed by atoms with E-state index in [-0.39, 0.29) is 17.9 Å². The zero-order chi connectivity index (χ0) is 26.7. The molecule has 1 saturated heterocycles. The molecule has 0 bridgehead atoms. The lowest BCUT2D eigenvalue weighted by molar-refractivity contribution is -0.140. The van der Waals surface area contributed by atoms with Gasteiger partial charge in [-0.3, -0.25) is 9.59 Å². The summed E-state index contributed by atoms with van der Waals surface area (Å²) in [7, 11) is 5.45. The molecule has 0 aliphatic carbocycles. The average molecular weight is 501 g/mol. The lowest BCUT2D eigenvalue weighted by Crippen LogP contribution is -2.29. The molecule has 1 aliphatic heterocycles. The SMILES string of the molecule is CCOc1ccc(/C(O)=C2/C(=O)C(=O)N(Cc3ccccc3OC)C2c2ccc(N(C)C)cc2)cc1C. The minimum absolute atomic E-state index is 0.0565. The minimum atomic E-state index is -0.770. The van der Waals surface area contributed by atoms with Crippen LogP contribution >= 0.6 is 0 Å². The zero-order valence-electron chi connectivity index (χ0n) is 21.8. The number of anilines is 1. The maximum absolute atomic E-state index is 13.4. The van der Waals surface area contributed by atoms with E-state index in [4.69, 9.17) is 9.47 Å². The maximum atomic E-state index is 13.4. The third-order valence-electron chi connectivity index (χ3n) is 6.55. The van der Waals surface area contributed by atoms with Crippen molar-refractivity contribution in [2.45, 2.75) is 26.4 Å². The molecule has 1 fully saturated rings. The van der Waals surface area contributed by atoms with Gasteiger partial charge in [-0.2, -0.15) is 0 Å². The topological polar surface area (TPSA) is 79.3 Å². The number of para-hydroxylation sites is 1. The number of ketones is 1. The lowest BCUT2D eigenvalue weighted by Gasteiger charge is -2.26. The van der Waals surface area contributed by atoms with Gasteiger partial charge in [0.15, 0.2) is 0 Å². The number of hydrogen-bond donors (Lipinski definition) is 1. The van der Waals surface area contributed by atoms with Crippen LogP contribution in [0.15, 0.2) is 72.3 Å². The van der Waals surface area contributed by atoms with Gasteiger partial charge in [0.05, 0.1) is 31.9 Å². The number of aliphatic hydroxyl groups excluding tert-OH is 1. The van der Waals surface area contributed by atoms with Gasteiger partial charge in [-0.15, -0.1) is 0 Å². The highest BCUT2D eigenvalue weighted by atomic mass is 16.5. The number of ether oxygens (including phenoxy) is 2. The summed E-state index contributed by atoms with van der Waals surface area (Å²) >= 11 is 0. The number of benzene rings is 3. The van der Waals surface area contributed by atoms with E-state index in [0.29, 0.717) is 23.7 Å². The Kier molecular flexibility index (Phi) is 7.53. The highest BCUT2D eigenvalue weighted by molar-refractivity contribution is 6.46. The molecule has 0 radical (unpaired) electrons. The number of Topliss-reactive ketones (excluding diaryl/α,β-unsaturated/α-hetero) is 1. The summed E-state index contributed by atoms with van der Waals surface area (Å²) in [4.78, 5) is 30.3. The van der Waals surface area contributed by atoms with Gasteiger partial charge < -0.3 is 24.4 Å². The fourth-order valence-electron chi connectivity index (χ4n) is 4.63. The van der Waals surface area contributed by atoms with Crippen LogP contribution in [0, 0.1) is 6.92 Å². The molecule has 0 aromatic heterocycles. The van der Waals surface area contributed by atoms with E-state index in [2.05, 4.69) is 0 Å². The monoisotopic (exact) mass is 500 g/mol. The molecule has 1 heterocycles. The van der Waals surface area contributed by atoms with Crippen LogP contribution in [0.5, 0.6) is 11.5 Å². The molecular weight excluding hydrogens is 468 g/mol. The normalized spacial score (nSPS) is 16.7. The Bertz CT molecular complexity index is 1340. The van der Waals surface area contributed by atoms with E-state index in [1.54, 1.807) is 25.3 Å². The van der Waals surface area contributed by atoms with Crippen LogP contribution in [0.25, 0.3) is 5.76 Å². The van der Waals surface area contributed by atoms with Crippen molar-refractivity contribution in [1.82, 2.24) is 4.90 Å². The number of carbonyl (C=O) groups is 2. The molecule has 37 heavy (non-hydrogen) atoms. The molecule has 1 aliphatic rings. The molecule has 3 aromatic carbocycles. The van der Waals surface area contributed by atoms with Crippen LogP contribution in [-0.4, -0.2) is 49.5 Å². The standard InChI is InChI=1S/C30H32N2O5/c1-6-37-24-16-13-21(17-19(24)2)28(33)26-27(20-11-14-23(15-12-20)31(3)4)32(30(35)29(26)34)18-22-9-7-8-10-25(22)36-5/h7-17,27,33H,6,18H2,1-5H3/b28-26-. The van der Waals surface area contributed by atoms with Crippen molar-refractivity contribution in [3.05, 3.63) is 94.6 Å². The van der Waals surface area contributed by atoms with Crippen molar-refractivity contribution in [3.63, 3.8) is 0 Å². The van der Waals surface area contributed by atoms with Crippen LogP contribution in [0.1, 0.15) is 35.2 Å². The highest BCUT2D eigenvalue weighted by Crippen LogP contribution is 2.41. The Labute approximate surface area is 217 Å². The van der Waals surface area contributed by atoms with Crippen LogP contribution in [0.4, 0.5) is 5.69 Å². The number of nitrogens with zero attached hydrogens (tertiary/aromatic N) is 2. The number of amides is 1. The number of rotatable bonds is 8. The Hall–Kier alpha value is -4.26. The molecule has 4 rings (SSSR count). The molecule has 0 spiro atoms. The molecule has 3 aromatic rings. The van der Waals surface area contributed by atoms with Crippen LogP contribution in [-0.2, 0) is 16.1 Å². The molecule has 1 N–H and O–H groups in total. The van der Waals surface area contributed by atoms with Gasteiger partial charge in [0.2, 0.25) is 0 Å². The predicted molar refractivity (Wildman–Crippen MR) is 144 cm³/mol. The van der Waals surface area contributed by atoms with Crippen molar-refractivity contribution >= 4 is 23.1 Å². The summed E-state index contributed by atoms with van der Waals surface area (Å²) < 4.78 is 11.1. The van der Waals surface area contributed by atoms with Crippen molar-refractivity contribution < 1.29 is 24.2 Å². The maximum Gasteiger partial charge on any atom is 0.295 e. The molecule has 192 valence electrons. The van der Waals surface area contributed by atoms with E-state index in [1.807, 2.05) is 81.4 Å². The van der Waals surface area contributed by atoms with Gasteiger partial charge in [-0.1, -0.05) is 30.3 Å². The molecule has 1 unspecified atom stereocenters. The van der Waals surface area contributed by atoms with Gasteiger partial charge in [0, 0.05) is 30.9 Å². The lowest BCUT2D eigenvalue weighted by atomic mass is 9.94. The third kappa shape index (κ3) is 5.03. The van der Waals surface area contributed by atoms with E-state index in [9.17, 15) is 14.7 Å². The summed E-state index contributed by atoms with van der Waals surface area (Å²) in [6, 6.07) is 19.5. The Morgan fingerprint density at radius 3 is 2.32 bits per heavy atom. The second kappa shape index (κ2) is 10.8. The van der Waals surface area contributed by atoms with E-state index in [1.165, 1.54) is 4.90 Å². The van der Waals surface area contributed by atoms with Gasteiger partial charge in [0.25, 0.3) is 11.7 Å². The largest absolute Gasteiger partial charge is 0.507 e. The van der Waals surface area contributed by atoms with Gasteiger partial charge in [-0.25, -0.2) is 0 Å². The van der Waals surface area contributed by atoms with E-state index in [0.717, 1.165) is 22.4 Å². The van der Waals surface area contributed by atoms with Gasteiger partial charge in [0.1, 0.15) is 17.3 Å². The minimum Gasteiger partial charge on any atom is -0.507 e. The first kappa shape index (κ1) is 25.8. The fourth-order valence-corrected chi connectivity index (χ4v) is 4.63. The predicted octanol–water partition coefficient (Wildman–Crippen LogP) is 5.09. The summed E-state index contributed by atoms with van der Waals surface area (Å²) in [5.74, 6) is -0.286. The second-order valence-corrected chi connectivity index (χ2v) is 9.14. The molecular formula is C30H32N2O5. The van der Waals surface area contributed by atoms with Crippen molar-refractivity contribution in [2.24, 2.45) is 0 Å². The van der Waals surface area contributed by atoms with Crippen molar-refractivity contribution in [2.75, 3.05) is 32.7 Å². The first-order chi connectivity index (χ1) is 17.8. The third-order valence-corrected chi connectivity index (χ3v) is 6.55. The molecule has 1 amide bonds. The number of hydrogen-bond acceptors (Lipinski definition) is 6. The van der Waals surface area contributed by atoms with Gasteiger partial charge >= 0.3 is 0 Å². The summed E-state index contributed by atoms with van der Waals surface area (Å²) in [6.45, 7) is 4.44. The molecule has 0 saturated carbocycles. The number of carbonyl (C=O) groups excluding carboxylic acids is 2. The summed E-state index contributed by atoms with van der Waals surface area (Å²) in [6.07, 6.45) is 0. The van der Waals surface area contributed by atoms with Crippen LogP contribution in [0.2, 0.25) is 0 Å². The Balaban J connectivity index is 1.85. The van der Waals surface area contributed by atoms with Crippen LogP contribution < -0.4 is 14.4 Å². The smallest absolute Gasteiger partial charge is 0.295 e. The number of aliphatic hydroxyl groups is 1. The zero-order valence-corrected chi connectivity index (χ0v) is 21.8. The fraction of sp³-hybridized carbons (Fsp3) is 0.267. The number of methoxy groups -OCH3 is 1. The average Bonchev–Trinajstić information content (AvgIpc) is 3.14. The van der Waals surface area contributed by atoms with E-state index < -0.39 is 17.7 Å².